The topological polar surface area (TPSA) is 49.7 Å². The van der Waals surface area contributed by atoms with E-state index in [1.165, 1.54) is 96.3 Å². The predicted molar refractivity (Wildman–Crippen MR) is 129 cm³/mol. The van der Waals surface area contributed by atoms with Gasteiger partial charge in [-0.2, -0.15) is 4.40 Å². The molecule has 30 heavy (non-hydrogen) atoms. The molecule has 0 aromatic carbocycles. The largest absolute Gasteiger partial charge is 0.359 e. The van der Waals surface area contributed by atoms with Crippen LogP contribution in [0.25, 0.3) is 0 Å². The van der Waals surface area contributed by atoms with Crippen LogP contribution in [0.1, 0.15) is 116 Å². The first kappa shape index (κ1) is 24.1. The van der Waals surface area contributed by atoms with Crippen LogP contribution < -0.4 is 0 Å². The van der Waals surface area contributed by atoms with Gasteiger partial charge in [-0.25, -0.2) is 8.42 Å². The van der Waals surface area contributed by atoms with E-state index in [2.05, 4.69) is 23.5 Å². The van der Waals surface area contributed by atoms with Crippen molar-refractivity contribution in [1.29, 1.82) is 0 Å². The minimum absolute atomic E-state index is 0.181. The van der Waals surface area contributed by atoms with Gasteiger partial charge >= 0.3 is 0 Å². The van der Waals surface area contributed by atoms with Crippen molar-refractivity contribution in [2.24, 2.45) is 4.40 Å². The Morgan fingerprint density at radius 2 is 1.33 bits per heavy atom. The molecule has 1 unspecified atom stereocenters. The Balaban J connectivity index is 1.77. The zero-order valence-electron chi connectivity index (χ0n) is 19.4. The highest BCUT2D eigenvalue weighted by atomic mass is 32.2. The SMILES string of the molecule is CC1([B]C2CCCCCCCN3CCS(=O)(=O)N=C23)CCCCCCCCCCC1. The van der Waals surface area contributed by atoms with Gasteiger partial charge in [0, 0.05) is 13.1 Å². The van der Waals surface area contributed by atoms with E-state index in [0.29, 0.717) is 6.54 Å². The molecule has 0 aromatic rings. The lowest BCUT2D eigenvalue weighted by molar-refractivity contribution is 0.390. The monoisotopic (exact) mass is 435 g/mol. The Hall–Kier alpha value is -0.515. The molecule has 0 N–H and O–H groups in total. The highest BCUT2D eigenvalue weighted by molar-refractivity contribution is 7.90. The average molecular weight is 436 g/mol. The van der Waals surface area contributed by atoms with Gasteiger partial charge in [-0.3, -0.25) is 0 Å². The van der Waals surface area contributed by atoms with Crippen molar-refractivity contribution >= 4 is 23.1 Å². The number of nitrogens with zero attached hydrogens (tertiary/aromatic N) is 2. The first-order chi connectivity index (χ1) is 14.5. The first-order valence-corrected chi connectivity index (χ1v) is 14.5. The van der Waals surface area contributed by atoms with Gasteiger partial charge in [-0.1, -0.05) is 115 Å². The van der Waals surface area contributed by atoms with E-state index in [1.54, 1.807) is 0 Å². The molecule has 0 bridgehead atoms. The molecule has 2 aliphatic heterocycles. The summed E-state index contributed by atoms with van der Waals surface area (Å²) < 4.78 is 29.2. The first-order valence-electron chi connectivity index (χ1n) is 12.9. The van der Waals surface area contributed by atoms with Gasteiger partial charge in [-0.05, 0) is 12.2 Å². The van der Waals surface area contributed by atoms with Gasteiger partial charge in [0.2, 0.25) is 0 Å². The summed E-state index contributed by atoms with van der Waals surface area (Å²) in [6, 6.07) is 0. The lowest BCUT2D eigenvalue weighted by Crippen LogP contribution is -2.44. The minimum Gasteiger partial charge on any atom is -0.359 e. The molecule has 1 aliphatic carbocycles. The standard InChI is InChI=1S/C24H44BN2O2S/c1-24(17-13-9-5-3-2-4-6-10-14-18-24)25-22-16-12-8-7-11-15-19-27-20-21-30(28,29)26-23(22)27/h22H,2-21H2,1H3. The van der Waals surface area contributed by atoms with Crippen LogP contribution in [0.3, 0.4) is 0 Å². The summed E-state index contributed by atoms with van der Waals surface area (Å²) in [7, 11) is -0.740. The second kappa shape index (κ2) is 11.9. The zero-order valence-corrected chi connectivity index (χ0v) is 20.2. The summed E-state index contributed by atoms with van der Waals surface area (Å²) in [5.41, 5.74) is 0. The molecule has 0 spiro atoms. The molecular formula is C24H44BN2O2S. The van der Waals surface area contributed by atoms with Gasteiger partial charge in [0.1, 0.15) is 13.1 Å². The summed E-state index contributed by atoms with van der Waals surface area (Å²) in [6.45, 7) is 4.04. The fourth-order valence-electron chi connectivity index (χ4n) is 5.67. The van der Waals surface area contributed by atoms with Crippen LogP contribution in [0.2, 0.25) is 11.1 Å². The third kappa shape index (κ3) is 7.87. The highest BCUT2D eigenvalue weighted by Crippen LogP contribution is 2.43. The van der Waals surface area contributed by atoms with Crippen molar-refractivity contribution in [2.75, 3.05) is 18.8 Å². The van der Waals surface area contributed by atoms with Crippen molar-refractivity contribution in [2.45, 2.75) is 127 Å². The molecule has 2 heterocycles. The van der Waals surface area contributed by atoms with Crippen molar-refractivity contribution in [3.05, 3.63) is 0 Å². The van der Waals surface area contributed by atoms with Gasteiger partial charge in [0.05, 0.1) is 5.75 Å². The normalized spacial score (nSPS) is 29.4. The Morgan fingerprint density at radius 1 is 0.800 bits per heavy atom. The van der Waals surface area contributed by atoms with E-state index in [-0.39, 0.29) is 16.9 Å². The summed E-state index contributed by atoms with van der Waals surface area (Å²) in [6.07, 6.45) is 21.9. The molecule has 171 valence electrons. The molecule has 1 saturated heterocycles. The highest BCUT2D eigenvalue weighted by Gasteiger charge is 2.35. The molecule has 0 aromatic heterocycles. The molecule has 4 nitrogen and oxygen atoms in total. The van der Waals surface area contributed by atoms with Gasteiger partial charge in [0.15, 0.2) is 0 Å². The molecule has 0 amide bonds. The zero-order chi connectivity index (χ0) is 21.3. The second-order valence-corrected chi connectivity index (χ2v) is 12.1. The molecule has 1 radical (unpaired) electrons. The molecule has 3 rings (SSSR count). The van der Waals surface area contributed by atoms with Crippen molar-refractivity contribution in [1.82, 2.24) is 4.90 Å². The summed E-state index contributed by atoms with van der Waals surface area (Å²) in [5, 5.41) is 0.198. The van der Waals surface area contributed by atoms with Crippen LogP contribution in [0.4, 0.5) is 0 Å². The molecule has 1 atom stereocenters. The number of hydrogen-bond donors (Lipinski definition) is 0. The second-order valence-electron chi connectivity index (χ2n) is 10.4. The Bertz CT molecular complexity index is 638. The van der Waals surface area contributed by atoms with Gasteiger partial charge < -0.3 is 4.90 Å². The third-order valence-corrected chi connectivity index (χ3v) is 8.71. The van der Waals surface area contributed by atoms with Gasteiger partial charge in [0.25, 0.3) is 10.0 Å². The lowest BCUT2D eigenvalue weighted by Gasteiger charge is -2.39. The Kier molecular flexibility index (Phi) is 9.59. The van der Waals surface area contributed by atoms with E-state index in [4.69, 9.17) is 0 Å². The maximum atomic E-state index is 12.4. The van der Waals surface area contributed by atoms with Gasteiger partial charge in [-0.15, -0.1) is 0 Å². The van der Waals surface area contributed by atoms with Crippen LogP contribution in [-0.4, -0.2) is 45.3 Å². The quantitative estimate of drug-likeness (QED) is 0.474. The summed E-state index contributed by atoms with van der Waals surface area (Å²) in [4.78, 5) is 2.31. The van der Waals surface area contributed by atoms with E-state index in [1.807, 2.05) is 0 Å². The average Bonchev–Trinajstić information content (AvgIpc) is 2.70. The van der Waals surface area contributed by atoms with Crippen LogP contribution in [0.15, 0.2) is 4.40 Å². The van der Waals surface area contributed by atoms with Crippen LogP contribution in [-0.2, 0) is 10.0 Å². The third-order valence-electron chi connectivity index (χ3n) is 7.55. The van der Waals surface area contributed by atoms with E-state index < -0.39 is 10.0 Å². The molecule has 6 heteroatoms. The molecule has 2 fully saturated rings. The van der Waals surface area contributed by atoms with Crippen molar-refractivity contribution < 1.29 is 8.42 Å². The predicted octanol–water partition coefficient (Wildman–Crippen LogP) is 6.36. The van der Waals surface area contributed by atoms with Crippen LogP contribution in [0.5, 0.6) is 0 Å². The van der Waals surface area contributed by atoms with E-state index in [0.717, 1.165) is 25.2 Å². The fourth-order valence-corrected chi connectivity index (χ4v) is 6.75. The van der Waals surface area contributed by atoms with Crippen LogP contribution in [0, 0.1) is 0 Å². The number of rotatable bonds is 2. The molecule has 3 aliphatic rings. The summed E-state index contributed by atoms with van der Waals surface area (Å²) >= 11 is 0. The smallest absolute Gasteiger partial charge is 0.256 e. The number of amidine groups is 1. The van der Waals surface area contributed by atoms with Crippen molar-refractivity contribution in [3.8, 4) is 0 Å². The number of sulfonamides is 1. The van der Waals surface area contributed by atoms with Crippen LogP contribution >= 0.6 is 0 Å². The number of fused-ring (bicyclic) bond motifs is 1. The Labute approximate surface area is 187 Å². The maximum Gasteiger partial charge on any atom is 0.256 e. The maximum absolute atomic E-state index is 12.4. The molecule has 1 saturated carbocycles. The lowest BCUT2D eigenvalue weighted by atomic mass is 9.42. The van der Waals surface area contributed by atoms with E-state index in [9.17, 15) is 8.42 Å². The summed E-state index contributed by atoms with van der Waals surface area (Å²) in [5.74, 6) is 1.24. The molecular weight excluding hydrogens is 391 g/mol. The number of hydrogen-bond acceptors (Lipinski definition) is 3. The minimum atomic E-state index is -3.30. The van der Waals surface area contributed by atoms with E-state index >= 15 is 0 Å². The fraction of sp³-hybridized carbons (Fsp3) is 0.958. The Morgan fingerprint density at radius 3 is 1.97 bits per heavy atom. The van der Waals surface area contributed by atoms with Crippen molar-refractivity contribution in [3.63, 3.8) is 0 Å².